The fourth-order valence-corrected chi connectivity index (χ4v) is 1.22. The molecule has 0 saturated carbocycles. The summed E-state index contributed by atoms with van der Waals surface area (Å²) < 4.78 is 15.5. The van der Waals surface area contributed by atoms with Gasteiger partial charge in [0, 0.05) is 0 Å². The van der Waals surface area contributed by atoms with Crippen LogP contribution in [-0.4, -0.2) is 37.4 Å². The molecule has 1 aliphatic rings. The molecule has 1 fully saturated rings. The molecule has 0 aromatic rings. The highest BCUT2D eigenvalue weighted by molar-refractivity contribution is 5.75. The predicted molar refractivity (Wildman–Crippen MR) is 69.5 cm³/mol. The summed E-state index contributed by atoms with van der Waals surface area (Å²) in [6, 6.07) is 0. The molecule has 0 spiro atoms. The van der Waals surface area contributed by atoms with Crippen molar-refractivity contribution in [2.45, 2.75) is 53.8 Å². The Hall–Kier alpha value is -1.10. The van der Waals surface area contributed by atoms with Gasteiger partial charge in [0.15, 0.2) is 0 Å². The second-order valence-electron chi connectivity index (χ2n) is 6.91. The van der Waals surface area contributed by atoms with Gasteiger partial charge in [-0.15, -0.1) is 0 Å². The lowest BCUT2D eigenvalue weighted by molar-refractivity contribution is -0.154. The zero-order valence-electron chi connectivity index (χ0n) is 12.6. The van der Waals surface area contributed by atoms with Gasteiger partial charge in [-0.1, -0.05) is 0 Å². The zero-order chi connectivity index (χ0) is 14.8. The highest BCUT2D eigenvalue weighted by atomic mass is 16.6. The van der Waals surface area contributed by atoms with Crippen molar-refractivity contribution in [2.75, 3.05) is 13.2 Å². The van der Waals surface area contributed by atoms with Crippen molar-refractivity contribution in [2.24, 2.45) is 10.8 Å². The summed E-state index contributed by atoms with van der Waals surface area (Å²) in [5.41, 5.74) is -1.02. The molecule has 0 aliphatic carbocycles. The van der Waals surface area contributed by atoms with E-state index in [9.17, 15) is 9.59 Å². The van der Waals surface area contributed by atoms with Gasteiger partial charge >= 0.3 is 11.9 Å². The van der Waals surface area contributed by atoms with Gasteiger partial charge in [0.05, 0.1) is 10.8 Å². The highest BCUT2D eigenvalue weighted by Gasteiger charge is 2.42. The van der Waals surface area contributed by atoms with Crippen molar-refractivity contribution in [1.29, 1.82) is 0 Å². The Morgan fingerprint density at radius 1 is 0.842 bits per heavy atom. The number of esters is 2. The first-order valence-electron chi connectivity index (χ1n) is 6.52. The summed E-state index contributed by atoms with van der Waals surface area (Å²) in [6.07, 6.45) is -0.307. The Bertz CT molecular complexity index is 314. The molecule has 0 unspecified atom stereocenters. The van der Waals surface area contributed by atoms with Crippen molar-refractivity contribution in [3.05, 3.63) is 0 Å². The molecule has 1 aliphatic heterocycles. The topological polar surface area (TPSA) is 65.1 Å². The van der Waals surface area contributed by atoms with E-state index in [-0.39, 0.29) is 37.4 Å². The van der Waals surface area contributed by atoms with E-state index in [1.807, 2.05) is 0 Å². The first-order valence-corrected chi connectivity index (χ1v) is 6.52. The van der Waals surface area contributed by atoms with Crippen LogP contribution >= 0.6 is 0 Å². The third-order valence-electron chi connectivity index (χ3n) is 2.67. The maximum absolute atomic E-state index is 11.5. The molecule has 2 atom stereocenters. The van der Waals surface area contributed by atoms with Crippen LogP contribution in [0.3, 0.4) is 0 Å². The van der Waals surface area contributed by atoms with E-state index in [1.165, 1.54) is 0 Å². The fraction of sp³-hybridized carbons (Fsp3) is 0.857. The van der Waals surface area contributed by atoms with Crippen LogP contribution in [0.1, 0.15) is 41.5 Å². The average molecular weight is 272 g/mol. The molecule has 0 aromatic heterocycles. The van der Waals surface area contributed by atoms with Gasteiger partial charge in [-0.05, 0) is 41.5 Å². The van der Waals surface area contributed by atoms with Gasteiger partial charge in [0.25, 0.3) is 0 Å². The van der Waals surface area contributed by atoms with E-state index in [1.54, 1.807) is 41.5 Å². The molecule has 110 valence electrons. The number of epoxide rings is 1. The standard InChI is InChI=1S/C14H24O5/c1-13(2,3)11(15)17-7-9-10(19-9)8-18-12(16)14(4,5)6/h9-10H,7-8H2,1-6H3/t9-,10+. The van der Waals surface area contributed by atoms with Crippen LogP contribution in [0.4, 0.5) is 0 Å². The van der Waals surface area contributed by atoms with Crippen molar-refractivity contribution >= 4 is 11.9 Å². The molecule has 5 nitrogen and oxygen atoms in total. The van der Waals surface area contributed by atoms with Crippen LogP contribution < -0.4 is 0 Å². The molecule has 0 amide bonds. The SMILES string of the molecule is CC(C)(C)C(=O)OC[C@@H]1O[C@@H]1COC(=O)C(C)(C)C. The van der Waals surface area contributed by atoms with Gasteiger partial charge < -0.3 is 14.2 Å². The maximum atomic E-state index is 11.5. The summed E-state index contributed by atoms with van der Waals surface area (Å²) in [7, 11) is 0. The minimum Gasteiger partial charge on any atom is -0.462 e. The second-order valence-corrected chi connectivity index (χ2v) is 6.91. The third kappa shape index (κ3) is 5.19. The van der Waals surface area contributed by atoms with Crippen LogP contribution in [0.25, 0.3) is 0 Å². The van der Waals surface area contributed by atoms with E-state index in [4.69, 9.17) is 14.2 Å². The lowest BCUT2D eigenvalue weighted by atomic mass is 9.97. The largest absolute Gasteiger partial charge is 0.462 e. The number of carbonyl (C=O) groups excluding carboxylic acids is 2. The van der Waals surface area contributed by atoms with Crippen molar-refractivity contribution in [3.63, 3.8) is 0 Å². The summed E-state index contributed by atoms with van der Waals surface area (Å²) in [4.78, 5) is 23.1. The molecule has 1 heterocycles. The highest BCUT2D eigenvalue weighted by Crippen LogP contribution is 2.25. The summed E-state index contributed by atoms with van der Waals surface area (Å²) in [6.45, 7) is 11.2. The summed E-state index contributed by atoms with van der Waals surface area (Å²) in [5, 5.41) is 0. The van der Waals surface area contributed by atoms with Crippen LogP contribution in [0, 0.1) is 10.8 Å². The molecule has 1 rings (SSSR count). The normalized spacial score (nSPS) is 22.8. The van der Waals surface area contributed by atoms with E-state index < -0.39 is 10.8 Å². The lowest BCUT2D eigenvalue weighted by Crippen LogP contribution is -2.26. The minimum absolute atomic E-state index is 0.154. The van der Waals surface area contributed by atoms with Gasteiger partial charge in [-0.3, -0.25) is 9.59 Å². The predicted octanol–water partition coefficient (Wildman–Crippen LogP) is 1.93. The number of hydrogen-bond donors (Lipinski definition) is 0. The number of hydrogen-bond acceptors (Lipinski definition) is 5. The zero-order valence-corrected chi connectivity index (χ0v) is 12.6. The Kier molecular flexibility index (Phi) is 4.61. The maximum Gasteiger partial charge on any atom is 0.311 e. The Balaban J connectivity index is 2.19. The monoisotopic (exact) mass is 272 g/mol. The van der Waals surface area contributed by atoms with E-state index >= 15 is 0 Å². The van der Waals surface area contributed by atoms with E-state index in [0.29, 0.717) is 0 Å². The minimum atomic E-state index is -0.511. The quantitative estimate of drug-likeness (QED) is 0.578. The number of ether oxygens (including phenoxy) is 3. The number of rotatable bonds is 4. The van der Waals surface area contributed by atoms with Crippen molar-refractivity contribution < 1.29 is 23.8 Å². The van der Waals surface area contributed by atoms with Crippen LogP contribution in [0.5, 0.6) is 0 Å². The second kappa shape index (κ2) is 5.49. The van der Waals surface area contributed by atoms with E-state index in [2.05, 4.69) is 0 Å². The molecule has 1 saturated heterocycles. The molecular formula is C14H24O5. The third-order valence-corrected chi connectivity index (χ3v) is 2.67. The first-order chi connectivity index (χ1) is 8.51. The fourth-order valence-electron chi connectivity index (χ4n) is 1.22. The molecule has 0 aromatic carbocycles. The Morgan fingerprint density at radius 2 is 1.16 bits per heavy atom. The van der Waals surface area contributed by atoms with Crippen LogP contribution in [0.2, 0.25) is 0 Å². The molecular weight excluding hydrogens is 248 g/mol. The smallest absolute Gasteiger partial charge is 0.311 e. The molecule has 0 radical (unpaired) electrons. The van der Waals surface area contributed by atoms with E-state index in [0.717, 1.165) is 0 Å². The molecule has 5 heteroatoms. The van der Waals surface area contributed by atoms with Crippen molar-refractivity contribution in [3.8, 4) is 0 Å². The first kappa shape index (κ1) is 16.0. The van der Waals surface area contributed by atoms with Gasteiger partial charge in [-0.2, -0.15) is 0 Å². The Morgan fingerprint density at radius 3 is 1.42 bits per heavy atom. The van der Waals surface area contributed by atoms with Gasteiger partial charge in [0.2, 0.25) is 0 Å². The average Bonchev–Trinajstić information content (AvgIpc) is 2.98. The van der Waals surface area contributed by atoms with Crippen molar-refractivity contribution in [1.82, 2.24) is 0 Å². The summed E-state index contributed by atoms with van der Waals surface area (Å²) in [5.74, 6) is -0.512. The van der Waals surface area contributed by atoms with Crippen LogP contribution in [-0.2, 0) is 23.8 Å². The Labute approximate surface area is 114 Å². The van der Waals surface area contributed by atoms with Gasteiger partial charge in [-0.25, -0.2) is 0 Å². The molecule has 19 heavy (non-hydrogen) atoms. The summed E-state index contributed by atoms with van der Waals surface area (Å²) >= 11 is 0. The molecule has 0 N–H and O–H groups in total. The van der Waals surface area contributed by atoms with Crippen LogP contribution in [0.15, 0.2) is 0 Å². The molecule has 0 bridgehead atoms. The van der Waals surface area contributed by atoms with Gasteiger partial charge in [0.1, 0.15) is 25.4 Å². The lowest BCUT2D eigenvalue weighted by Gasteiger charge is -2.16. The number of carbonyl (C=O) groups is 2.